The number of hydrogen-bond acceptors (Lipinski definition) is 3. The molecule has 4 heteroatoms. The number of nitrogens with zero attached hydrogens (tertiary/aromatic N) is 1. The molecule has 1 atom stereocenters. The lowest BCUT2D eigenvalue weighted by Crippen LogP contribution is -2.54. The van der Waals surface area contributed by atoms with Gasteiger partial charge in [-0.05, 0) is 36.3 Å². The minimum atomic E-state index is -0.907. The van der Waals surface area contributed by atoms with E-state index < -0.39 is 5.54 Å². The lowest BCUT2D eigenvalue weighted by molar-refractivity contribution is -0.137. The van der Waals surface area contributed by atoms with Gasteiger partial charge < -0.3 is 15.1 Å². The van der Waals surface area contributed by atoms with Gasteiger partial charge in [-0.15, -0.1) is 0 Å². The van der Waals surface area contributed by atoms with Crippen LogP contribution in [-0.4, -0.2) is 46.8 Å². The van der Waals surface area contributed by atoms with E-state index in [2.05, 4.69) is 38.1 Å². The Morgan fingerprint density at radius 1 is 1.04 bits per heavy atom. The van der Waals surface area contributed by atoms with Crippen molar-refractivity contribution in [3.05, 3.63) is 35.4 Å². The third-order valence-electron chi connectivity index (χ3n) is 6.19. The first-order valence-corrected chi connectivity index (χ1v) is 10.9. The van der Waals surface area contributed by atoms with Gasteiger partial charge in [0.2, 0.25) is 5.91 Å². The first-order valence-electron chi connectivity index (χ1n) is 10.9. The van der Waals surface area contributed by atoms with Crippen molar-refractivity contribution < 1.29 is 15.0 Å². The highest BCUT2D eigenvalue weighted by atomic mass is 16.3. The second kappa shape index (κ2) is 12.9. The van der Waals surface area contributed by atoms with Crippen LogP contribution in [0.1, 0.15) is 89.2 Å². The molecule has 1 rings (SSSR count). The third-order valence-corrected chi connectivity index (χ3v) is 6.19. The van der Waals surface area contributed by atoms with Crippen molar-refractivity contribution in [2.24, 2.45) is 0 Å². The van der Waals surface area contributed by atoms with Crippen LogP contribution >= 0.6 is 0 Å². The first-order chi connectivity index (χ1) is 13.4. The molecular weight excluding hydrogens is 350 g/mol. The third kappa shape index (κ3) is 7.56. The number of amides is 1. The highest BCUT2D eigenvalue weighted by Gasteiger charge is 2.34. The Balaban J connectivity index is 2.54. The van der Waals surface area contributed by atoms with Gasteiger partial charge in [0, 0.05) is 14.0 Å². The Morgan fingerprint density at radius 3 is 2.14 bits per heavy atom. The van der Waals surface area contributed by atoms with Crippen molar-refractivity contribution >= 4 is 5.91 Å². The fourth-order valence-corrected chi connectivity index (χ4v) is 3.71. The van der Waals surface area contributed by atoms with Crippen molar-refractivity contribution in [2.75, 3.05) is 20.3 Å². The molecule has 0 radical (unpaired) electrons. The van der Waals surface area contributed by atoms with E-state index >= 15 is 0 Å². The van der Waals surface area contributed by atoms with Crippen LogP contribution in [0.3, 0.4) is 0 Å². The highest BCUT2D eigenvalue weighted by Crippen LogP contribution is 2.25. The predicted molar refractivity (Wildman–Crippen MR) is 117 cm³/mol. The molecule has 1 unspecified atom stereocenters. The molecule has 0 saturated heterocycles. The number of hydrogen-bond donors (Lipinski definition) is 2. The Hall–Kier alpha value is -1.39. The number of benzene rings is 1. The van der Waals surface area contributed by atoms with Crippen LogP contribution in [0.5, 0.6) is 0 Å². The first kappa shape index (κ1) is 24.6. The van der Waals surface area contributed by atoms with Crippen LogP contribution in [0.25, 0.3) is 0 Å². The zero-order valence-corrected chi connectivity index (χ0v) is 18.4. The standard InChI is InChI=1S/C24H41NO3/c1-5-6-7-8-9-10-11-20(2)23-14-12-22(13-15-23)16-17-24(18-26,19-27)25(4)21(3)28/h12-15,20,26-27H,5-11,16-19H2,1-4H3. The van der Waals surface area contributed by atoms with Gasteiger partial charge >= 0.3 is 0 Å². The second-order valence-electron chi connectivity index (χ2n) is 8.32. The summed E-state index contributed by atoms with van der Waals surface area (Å²) in [6.45, 7) is 5.52. The number of unbranched alkanes of at least 4 members (excludes halogenated alkanes) is 5. The van der Waals surface area contributed by atoms with Crippen LogP contribution in [0.15, 0.2) is 24.3 Å². The molecule has 0 aromatic heterocycles. The molecule has 160 valence electrons. The molecule has 1 aromatic carbocycles. The maximum atomic E-state index is 11.7. The van der Waals surface area contributed by atoms with Crippen molar-refractivity contribution in [1.29, 1.82) is 0 Å². The molecule has 2 N–H and O–H groups in total. The van der Waals surface area contributed by atoms with Gasteiger partial charge in [-0.25, -0.2) is 0 Å². The number of aliphatic hydroxyl groups is 2. The van der Waals surface area contributed by atoms with Gasteiger partial charge in [-0.2, -0.15) is 0 Å². The van der Waals surface area contributed by atoms with Crippen LogP contribution in [0.4, 0.5) is 0 Å². The normalized spacial score (nSPS) is 12.8. The summed E-state index contributed by atoms with van der Waals surface area (Å²) in [5, 5.41) is 19.6. The van der Waals surface area contributed by atoms with Crippen molar-refractivity contribution in [2.45, 2.75) is 90.0 Å². The maximum Gasteiger partial charge on any atom is 0.219 e. The smallest absolute Gasteiger partial charge is 0.219 e. The summed E-state index contributed by atoms with van der Waals surface area (Å²) in [7, 11) is 1.64. The minimum absolute atomic E-state index is 0.151. The van der Waals surface area contributed by atoms with E-state index in [1.165, 1.54) is 67.9 Å². The fourth-order valence-electron chi connectivity index (χ4n) is 3.71. The van der Waals surface area contributed by atoms with Gasteiger partial charge in [0.15, 0.2) is 0 Å². The molecule has 1 aromatic rings. The molecule has 28 heavy (non-hydrogen) atoms. The highest BCUT2D eigenvalue weighted by molar-refractivity contribution is 5.73. The Morgan fingerprint density at radius 2 is 1.61 bits per heavy atom. The number of rotatable bonds is 14. The van der Waals surface area contributed by atoms with Gasteiger partial charge in [0.1, 0.15) is 0 Å². The van der Waals surface area contributed by atoms with Crippen LogP contribution < -0.4 is 0 Å². The Labute approximate surface area is 172 Å². The monoisotopic (exact) mass is 391 g/mol. The van der Waals surface area contributed by atoms with Gasteiger partial charge in [-0.3, -0.25) is 4.79 Å². The zero-order valence-electron chi connectivity index (χ0n) is 18.4. The molecule has 0 spiro atoms. The summed E-state index contributed by atoms with van der Waals surface area (Å²) in [5.41, 5.74) is 1.63. The topological polar surface area (TPSA) is 60.8 Å². The molecule has 0 aliphatic heterocycles. The average molecular weight is 392 g/mol. The second-order valence-corrected chi connectivity index (χ2v) is 8.32. The summed E-state index contributed by atoms with van der Waals surface area (Å²) in [5.74, 6) is 0.417. The van der Waals surface area contributed by atoms with E-state index in [1.807, 2.05) is 0 Å². The van der Waals surface area contributed by atoms with E-state index in [0.29, 0.717) is 18.8 Å². The van der Waals surface area contributed by atoms with E-state index in [0.717, 1.165) is 0 Å². The molecule has 0 aliphatic rings. The summed E-state index contributed by atoms with van der Waals surface area (Å²) >= 11 is 0. The molecular formula is C24H41NO3. The van der Waals surface area contributed by atoms with E-state index in [4.69, 9.17) is 0 Å². The lowest BCUT2D eigenvalue weighted by atomic mass is 9.89. The quantitative estimate of drug-likeness (QED) is 0.453. The predicted octanol–water partition coefficient (Wildman–Crippen LogP) is 4.68. The minimum Gasteiger partial charge on any atom is -0.394 e. The van der Waals surface area contributed by atoms with E-state index in [-0.39, 0.29) is 19.1 Å². The summed E-state index contributed by atoms with van der Waals surface area (Å²) in [4.78, 5) is 13.2. The number of aryl methyl sites for hydroxylation is 1. The Bertz CT molecular complexity index is 551. The number of carbonyl (C=O) groups is 1. The largest absolute Gasteiger partial charge is 0.394 e. The lowest BCUT2D eigenvalue weighted by Gasteiger charge is -2.38. The molecule has 1 amide bonds. The summed E-state index contributed by atoms with van der Waals surface area (Å²) < 4.78 is 0. The molecule has 0 fully saturated rings. The molecule has 0 saturated carbocycles. The maximum absolute atomic E-state index is 11.7. The van der Waals surface area contributed by atoms with E-state index in [9.17, 15) is 15.0 Å². The zero-order chi connectivity index (χ0) is 21.0. The molecule has 0 bridgehead atoms. The van der Waals surface area contributed by atoms with Crippen molar-refractivity contribution in [1.82, 2.24) is 4.90 Å². The van der Waals surface area contributed by atoms with Crippen LogP contribution in [-0.2, 0) is 11.2 Å². The number of aliphatic hydroxyl groups excluding tert-OH is 2. The average Bonchev–Trinajstić information content (AvgIpc) is 2.71. The van der Waals surface area contributed by atoms with E-state index in [1.54, 1.807) is 7.05 Å². The Kier molecular flexibility index (Phi) is 11.4. The fraction of sp³-hybridized carbons (Fsp3) is 0.708. The number of carbonyl (C=O) groups excluding carboxylic acids is 1. The molecule has 0 aliphatic carbocycles. The van der Waals surface area contributed by atoms with Gasteiger partial charge in [-0.1, -0.05) is 76.6 Å². The number of likely N-dealkylation sites (N-methyl/N-ethyl adjacent to an activating group) is 1. The van der Waals surface area contributed by atoms with Gasteiger partial charge in [0.05, 0.1) is 18.8 Å². The van der Waals surface area contributed by atoms with Crippen LogP contribution in [0, 0.1) is 0 Å². The summed E-state index contributed by atoms with van der Waals surface area (Å²) in [6.07, 6.45) is 10.5. The van der Waals surface area contributed by atoms with Crippen molar-refractivity contribution in [3.63, 3.8) is 0 Å². The summed E-state index contributed by atoms with van der Waals surface area (Å²) in [6, 6.07) is 8.68. The molecule has 4 nitrogen and oxygen atoms in total. The van der Waals surface area contributed by atoms with Crippen molar-refractivity contribution in [3.8, 4) is 0 Å². The van der Waals surface area contributed by atoms with Crippen LogP contribution in [0.2, 0.25) is 0 Å². The van der Waals surface area contributed by atoms with Gasteiger partial charge in [0.25, 0.3) is 0 Å². The SMILES string of the molecule is CCCCCCCCC(C)c1ccc(CCC(CO)(CO)N(C)C(C)=O)cc1. The molecule has 0 heterocycles.